The largest absolute Gasteiger partial charge is 0.314 e. The van der Waals surface area contributed by atoms with Crippen LogP contribution in [-0.4, -0.2) is 31.1 Å². The van der Waals surface area contributed by atoms with Crippen LogP contribution >= 0.6 is 12.4 Å². The Morgan fingerprint density at radius 2 is 1.84 bits per heavy atom. The average Bonchev–Trinajstić information content (AvgIpc) is 2.38. The van der Waals surface area contributed by atoms with Gasteiger partial charge in [0, 0.05) is 37.8 Å². The molecule has 106 valence electrons. The lowest BCUT2D eigenvalue weighted by Crippen LogP contribution is -2.45. The van der Waals surface area contributed by atoms with E-state index in [4.69, 9.17) is 0 Å². The smallest absolute Gasteiger partial charge is 0.130 e. The third-order valence-electron chi connectivity index (χ3n) is 3.32. The van der Waals surface area contributed by atoms with Crippen LogP contribution in [0, 0.1) is 11.6 Å². The highest BCUT2D eigenvalue weighted by Gasteiger charge is 2.26. The van der Waals surface area contributed by atoms with Crippen molar-refractivity contribution >= 4 is 12.4 Å². The summed E-state index contributed by atoms with van der Waals surface area (Å²) in [6.45, 7) is 6.99. The molecule has 1 saturated heterocycles. The maximum atomic E-state index is 13.9. The quantitative estimate of drug-likeness (QED) is 0.857. The summed E-state index contributed by atoms with van der Waals surface area (Å²) in [5.41, 5.74) is 0.166. The van der Waals surface area contributed by atoms with Gasteiger partial charge in [-0.15, -0.1) is 19.0 Å². The average molecular weight is 289 g/mol. The van der Waals surface area contributed by atoms with Gasteiger partial charge < -0.3 is 5.32 Å². The summed E-state index contributed by atoms with van der Waals surface area (Å²) < 4.78 is 27.7. The Balaban J connectivity index is 0.00000180. The van der Waals surface area contributed by atoms with Crippen molar-refractivity contribution in [3.8, 4) is 0 Å². The van der Waals surface area contributed by atoms with E-state index in [1.807, 2.05) is 0 Å². The summed E-state index contributed by atoms with van der Waals surface area (Å²) >= 11 is 0. The van der Waals surface area contributed by atoms with Gasteiger partial charge in [-0.3, -0.25) is 4.90 Å². The first-order chi connectivity index (χ1) is 8.74. The van der Waals surface area contributed by atoms with Gasteiger partial charge in [-0.25, -0.2) is 8.78 Å². The van der Waals surface area contributed by atoms with Gasteiger partial charge in [0.25, 0.3) is 0 Å². The third-order valence-corrected chi connectivity index (χ3v) is 3.32. The molecule has 0 radical (unpaired) electrons. The molecular formula is C14H19ClF2N2. The van der Waals surface area contributed by atoms with E-state index in [0.29, 0.717) is 6.42 Å². The molecular weight excluding hydrogens is 270 g/mol. The van der Waals surface area contributed by atoms with E-state index in [1.54, 1.807) is 6.08 Å². The lowest BCUT2D eigenvalue weighted by molar-refractivity contribution is 0.168. The van der Waals surface area contributed by atoms with E-state index in [2.05, 4.69) is 16.8 Å². The predicted molar refractivity (Wildman–Crippen MR) is 75.6 cm³/mol. The van der Waals surface area contributed by atoms with E-state index in [0.717, 1.165) is 26.2 Å². The molecule has 1 fully saturated rings. The Morgan fingerprint density at radius 3 is 2.37 bits per heavy atom. The highest BCUT2D eigenvalue weighted by atomic mass is 35.5. The Morgan fingerprint density at radius 1 is 1.26 bits per heavy atom. The van der Waals surface area contributed by atoms with Crippen molar-refractivity contribution in [3.05, 3.63) is 48.1 Å². The number of hydrogen-bond donors (Lipinski definition) is 1. The SMILES string of the molecule is C=CC[C@H](c1c(F)cccc1F)N1CCNCC1.Cl. The zero-order chi connectivity index (χ0) is 13.0. The molecule has 1 aliphatic heterocycles. The molecule has 0 bridgehead atoms. The molecule has 1 aliphatic rings. The standard InChI is InChI=1S/C14H18F2N2.ClH/c1-2-4-13(18-9-7-17-8-10-18)14-11(15)5-3-6-12(14)16;/h2-3,5-6,13,17H,1,4,7-10H2;1H/t13-;/m1./s1. The number of benzene rings is 1. The van der Waals surface area contributed by atoms with Crippen molar-refractivity contribution in [1.82, 2.24) is 10.2 Å². The number of hydrogen-bond acceptors (Lipinski definition) is 2. The third kappa shape index (κ3) is 3.75. The van der Waals surface area contributed by atoms with E-state index < -0.39 is 11.6 Å². The minimum Gasteiger partial charge on any atom is -0.314 e. The molecule has 1 heterocycles. The molecule has 2 rings (SSSR count). The van der Waals surface area contributed by atoms with Crippen LogP contribution in [0.1, 0.15) is 18.0 Å². The normalized spacial score (nSPS) is 17.6. The van der Waals surface area contributed by atoms with Crippen molar-refractivity contribution in [2.24, 2.45) is 0 Å². The van der Waals surface area contributed by atoms with Crippen LogP contribution in [0.25, 0.3) is 0 Å². The molecule has 1 aromatic rings. The molecule has 0 amide bonds. The first-order valence-corrected chi connectivity index (χ1v) is 6.23. The molecule has 0 saturated carbocycles. The molecule has 0 unspecified atom stereocenters. The van der Waals surface area contributed by atoms with Crippen molar-refractivity contribution in [3.63, 3.8) is 0 Å². The van der Waals surface area contributed by atoms with Gasteiger partial charge in [-0.1, -0.05) is 12.1 Å². The Hall–Kier alpha value is -0.970. The number of nitrogens with one attached hydrogen (secondary N) is 1. The Labute approximate surface area is 118 Å². The number of piperazine rings is 1. The maximum absolute atomic E-state index is 13.9. The van der Waals surface area contributed by atoms with E-state index in [1.165, 1.54) is 18.2 Å². The van der Waals surface area contributed by atoms with Gasteiger partial charge in [0.15, 0.2) is 0 Å². The predicted octanol–water partition coefficient (Wildman–Crippen LogP) is 2.91. The zero-order valence-electron chi connectivity index (χ0n) is 10.7. The summed E-state index contributed by atoms with van der Waals surface area (Å²) in [4.78, 5) is 2.11. The van der Waals surface area contributed by atoms with Gasteiger partial charge in [0.05, 0.1) is 0 Å². The van der Waals surface area contributed by atoms with Gasteiger partial charge in [-0.2, -0.15) is 0 Å². The fraction of sp³-hybridized carbons (Fsp3) is 0.429. The van der Waals surface area contributed by atoms with Gasteiger partial charge in [0.1, 0.15) is 11.6 Å². The van der Waals surface area contributed by atoms with E-state index in [9.17, 15) is 8.78 Å². The second-order valence-corrected chi connectivity index (χ2v) is 4.46. The van der Waals surface area contributed by atoms with Crippen LogP contribution in [0.5, 0.6) is 0 Å². The zero-order valence-corrected chi connectivity index (χ0v) is 11.6. The van der Waals surface area contributed by atoms with Gasteiger partial charge in [-0.05, 0) is 18.6 Å². The van der Waals surface area contributed by atoms with E-state index >= 15 is 0 Å². The molecule has 2 nitrogen and oxygen atoms in total. The van der Waals surface area contributed by atoms with Crippen molar-refractivity contribution in [1.29, 1.82) is 0 Å². The summed E-state index contributed by atoms with van der Waals surface area (Å²) in [5, 5.41) is 3.24. The highest BCUT2D eigenvalue weighted by Crippen LogP contribution is 2.29. The molecule has 0 aliphatic carbocycles. The van der Waals surface area contributed by atoms with E-state index in [-0.39, 0.29) is 24.0 Å². The first kappa shape index (κ1) is 16.1. The van der Waals surface area contributed by atoms with Crippen LogP contribution in [0.15, 0.2) is 30.9 Å². The lowest BCUT2D eigenvalue weighted by Gasteiger charge is -2.35. The number of halogens is 3. The monoisotopic (exact) mass is 288 g/mol. The van der Waals surface area contributed by atoms with Crippen LogP contribution in [0.3, 0.4) is 0 Å². The topological polar surface area (TPSA) is 15.3 Å². The summed E-state index contributed by atoms with van der Waals surface area (Å²) in [6.07, 6.45) is 2.27. The number of nitrogens with zero attached hydrogens (tertiary/aromatic N) is 1. The fourth-order valence-corrected chi connectivity index (χ4v) is 2.43. The van der Waals surface area contributed by atoms with Crippen LogP contribution in [0.2, 0.25) is 0 Å². The van der Waals surface area contributed by atoms with Gasteiger partial charge in [0.2, 0.25) is 0 Å². The van der Waals surface area contributed by atoms with Crippen molar-refractivity contribution in [2.45, 2.75) is 12.5 Å². The first-order valence-electron chi connectivity index (χ1n) is 6.23. The summed E-state index contributed by atoms with van der Waals surface area (Å²) in [7, 11) is 0. The van der Waals surface area contributed by atoms with Crippen molar-refractivity contribution in [2.75, 3.05) is 26.2 Å². The van der Waals surface area contributed by atoms with Crippen LogP contribution < -0.4 is 5.32 Å². The van der Waals surface area contributed by atoms with Crippen LogP contribution in [-0.2, 0) is 0 Å². The molecule has 0 aromatic heterocycles. The fourth-order valence-electron chi connectivity index (χ4n) is 2.43. The second-order valence-electron chi connectivity index (χ2n) is 4.46. The van der Waals surface area contributed by atoms with Gasteiger partial charge >= 0.3 is 0 Å². The Kier molecular flexibility index (Phi) is 6.42. The lowest BCUT2D eigenvalue weighted by atomic mass is 10.00. The van der Waals surface area contributed by atoms with Crippen molar-refractivity contribution < 1.29 is 8.78 Å². The molecule has 0 spiro atoms. The minimum absolute atomic E-state index is 0. The molecule has 1 atom stereocenters. The molecule has 5 heteroatoms. The Bertz CT molecular complexity index is 400. The summed E-state index contributed by atoms with van der Waals surface area (Å²) in [5.74, 6) is -0.944. The molecule has 1 aromatic carbocycles. The minimum atomic E-state index is -0.472. The molecule has 19 heavy (non-hydrogen) atoms. The van der Waals surface area contributed by atoms with Crippen LogP contribution in [0.4, 0.5) is 8.78 Å². The molecule has 1 N–H and O–H groups in total. The summed E-state index contributed by atoms with van der Waals surface area (Å²) in [6, 6.07) is 3.77. The second kappa shape index (κ2) is 7.58. The maximum Gasteiger partial charge on any atom is 0.130 e. The number of rotatable bonds is 4. The highest BCUT2D eigenvalue weighted by molar-refractivity contribution is 5.85.